The molecule has 0 saturated carbocycles. The molecule has 0 aromatic heterocycles. The molecular weight excluding hydrogens is 405 g/mol. The monoisotopic (exact) mass is 449 g/mol. The zero-order chi connectivity index (χ0) is 22.7. The van der Waals surface area contributed by atoms with Crippen LogP contribution in [0.4, 0.5) is 0 Å². The molecule has 30 heavy (non-hydrogen) atoms. The average Bonchev–Trinajstić information content (AvgIpc) is 2.68. The first-order valence-electron chi connectivity index (χ1n) is 11.6. The van der Waals surface area contributed by atoms with Crippen LogP contribution in [0.25, 0.3) is 0 Å². The highest BCUT2D eigenvalue weighted by atomic mass is 31.2. The molecule has 0 fully saturated rings. The molecule has 0 heterocycles. The van der Waals surface area contributed by atoms with Gasteiger partial charge in [0.1, 0.15) is 0 Å². The molecule has 0 aliphatic carbocycles. The summed E-state index contributed by atoms with van der Waals surface area (Å²) in [5.74, 6) is -0.283. The fourth-order valence-corrected chi connectivity index (χ4v) is 3.56. The number of nitrogens with one attached hydrogen (secondary N) is 1. The molecule has 8 heteroatoms. The number of unbranched alkanes of at least 4 members (excludes halogenated alkanes) is 11. The summed E-state index contributed by atoms with van der Waals surface area (Å²) in [7, 11) is -4.66. The van der Waals surface area contributed by atoms with Gasteiger partial charge in [-0.3, -0.25) is 9.32 Å². The molecule has 0 aliphatic rings. The van der Waals surface area contributed by atoms with Gasteiger partial charge >= 0.3 is 7.82 Å². The minimum atomic E-state index is -4.66. The van der Waals surface area contributed by atoms with Crippen molar-refractivity contribution in [2.24, 2.45) is 0 Å². The summed E-state index contributed by atoms with van der Waals surface area (Å²) in [6.07, 6.45) is 18.1. The maximum absolute atomic E-state index is 11.8. The minimum Gasteiger partial charge on any atom is -0.387 e. The molecule has 0 spiro atoms. The van der Waals surface area contributed by atoms with Crippen molar-refractivity contribution in [3.63, 3.8) is 0 Å². The van der Waals surface area contributed by atoms with E-state index >= 15 is 0 Å². The molecule has 0 aromatic rings. The normalized spacial score (nSPS) is 14.2. The van der Waals surface area contributed by atoms with Gasteiger partial charge in [-0.1, -0.05) is 90.2 Å². The molecule has 1 amide bonds. The summed E-state index contributed by atoms with van der Waals surface area (Å²) >= 11 is 0. The van der Waals surface area contributed by atoms with E-state index in [2.05, 4.69) is 16.8 Å². The summed E-state index contributed by atoms with van der Waals surface area (Å²) in [4.78, 5) is 29.5. The Hall–Kier alpha value is -0.720. The van der Waals surface area contributed by atoms with E-state index < -0.39 is 26.6 Å². The number of amides is 1. The summed E-state index contributed by atoms with van der Waals surface area (Å²) in [5.41, 5.74) is 0. The Morgan fingerprint density at radius 2 is 1.47 bits per heavy atom. The molecule has 0 radical (unpaired) electrons. The smallest absolute Gasteiger partial charge is 0.387 e. The van der Waals surface area contributed by atoms with Gasteiger partial charge in [0.05, 0.1) is 18.8 Å². The minimum absolute atomic E-state index is 0.279. The van der Waals surface area contributed by atoms with Crippen LogP contribution in [0, 0.1) is 0 Å². The average molecular weight is 450 g/mol. The van der Waals surface area contributed by atoms with Gasteiger partial charge in [0, 0.05) is 6.42 Å². The molecule has 1 unspecified atom stereocenters. The van der Waals surface area contributed by atoms with Gasteiger partial charge in [0.15, 0.2) is 0 Å². The molecule has 4 N–H and O–H groups in total. The van der Waals surface area contributed by atoms with Crippen LogP contribution in [0.3, 0.4) is 0 Å². The van der Waals surface area contributed by atoms with Crippen molar-refractivity contribution in [3.8, 4) is 0 Å². The van der Waals surface area contributed by atoms with Crippen molar-refractivity contribution >= 4 is 13.7 Å². The molecule has 7 nitrogen and oxygen atoms in total. The van der Waals surface area contributed by atoms with Crippen molar-refractivity contribution < 1.29 is 28.8 Å². The van der Waals surface area contributed by atoms with Crippen LogP contribution in [0.15, 0.2) is 12.2 Å². The van der Waals surface area contributed by atoms with E-state index in [4.69, 9.17) is 9.79 Å². The number of aliphatic hydroxyl groups excluding tert-OH is 1. The van der Waals surface area contributed by atoms with E-state index in [1.54, 1.807) is 6.08 Å². The molecule has 0 rings (SSSR count). The fourth-order valence-electron chi connectivity index (χ4n) is 3.21. The first-order valence-corrected chi connectivity index (χ1v) is 13.2. The maximum atomic E-state index is 11.8. The lowest BCUT2D eigenvalue weighted by molar-refractivity contribution is -0.122. The van der Waals surface area contributed by atoms with Crippen molar-refractivity contribution in [3.05, 3.63) is 12.2 Å². The van der Waals surface area contributed by atoms with Crippen LogP contribution in [0.2, 0.25) is 0 Å². The van der Waals surface area contributed by atoms with E-state index in [9.17, 15) is 14.5 Å². The third kappa shape index (κ3) is 19.3. The zero-order valence-corrected chi connectivity index (χ0v) is 19.8. The van der Waals surface area contributed by atoms with Crippen LogP contribution < -0.4 is 5.32 Å². The lowest BCUT2D eigenvalue weighted by Gasteiger charge is -2.22. The number of aliphatic hydroxyl groups is 1. The SMILES string of the molecule is CCCCCCCCCCCCC/C=C/[C@@H](O)C(COP(=O)(O)O)NC(=O)CCC. The van der Waals surface area contributed by atoms with E-state index in [-0.39, 0.29) is 12.3 Å². The second-order valence-corrected chi connectivity index (χ2v) is 9.19. The van der Waals surface area contributed by atoms with E-state index in [0.29, 0.717) is 6.42 Å². The third-order valence-electron chi connectivity index (χ3n) is 4.97. The highest BCUT2D eigenvalue weighted by molar-refractivity contribution is 7.46. The van der Waals surface area contributed by atoms with Crippen molar-refractivity contribution in [1.29, 1.82) is 0 Å². The summed E-state index contributed by atoms with van der Waals surface area (Å²) in [6, 6.07) is -0.898. The van der Waals surface area contributed by atoms with Gasteiger partial charge < -0.3 is 20.2 Å². The van der Waals surface area contributed by atoms with Crippen molar-refractivity contribution in [2.45, 2.75) is 116 Å². The molecule has 178 valence electrons. The van der Waals surface area contributed by atoms with Crippen LogP contribution >= 0.6 is 7.82 Å². The molecule has 0 aromatic carbocycles. The molecular formula is C22H44NO6P. The van der Waals surface area contributed by atoms with E-state index in [1.807, 2.05) is 13.0 Å². The Bertz CT molecular complexity index is 494. The number of rotatable bonds is 20. The summed E-state index contributed by atoms with van der Waals surface area (Å²) < 4.78 is 15.4. The first kappa shape index (κ1) is 29.3. The van der Waals surface area contributed by atoms with Crippen molar-refractivity contribution in [1.82, 2.24) is 5.32 Å². The van der Waals surface area contributed by atoms with Crippen LogP contribution in [-0.2, 0) is 13.9 Å². The molecule has 0 aliphatic heterocycles. The Kier molecular flexibility index (Phi) is 18.5. The van der Waals surface area contributed by atoms with Gasteiger partial charge in [-0.2, -0.15) is 0 Å². The standard InChI is InChI=1S/C22H44NO6P/c1-3-5-6-7-8-9-10-11-12-13-14-15-16-18-21(24)20(19-29-30(26,27)28)23-22(25)17-4-2/h16,18,20-21,24H,3-15,17,19H2,1-2H3,(H,23,25)(H2,26,27,28)/b18-16+/t20?,21-/m1/s1. The second kappa shape index (κ2) is 19.0. The first-order chi connectivity index (χ1) is 14.3. The Labute approximate surface area is 182 Å². The predicted octanol–water partition coefficient (Wildman–Crippen LogP) is 5.00. The Morgan fingerprint density at radius 1 is 0.933 bits per heavy atom. The highest BCUT2D eigenvalue weighted by Gasteiger charge is 2.24. The molecule has 0 saturated heterocycles. The molecule has 2 atom stereocenters. The maximum Gasteiger partial charge on any atom is 0.469 e. The number of hydrogen-bond acceptors (Lipinski definition) is 4. The van der Waals surface area contributed by atoms with Gasteiger partial charge in [-0.25, -0.2) is 4.57 Å². The van der Waals surface area contributed by atoms with E-state index in [1.165, 1.54) is 57.8 Å². The van der Waals surface area contributed by atoms with Crippen LogP contribution in [0.5, 0.6) is 0 Å². The lowest BCUT2D eigenvalue weighted by atomic mass is 10.0. The van der Waals surface area contributed by atoms with Crippen LogP contribution in [-0.4, -0.2) is 39.6 Å². The quantitative estimate of drug-likeness (QED) is 0.118. The van der Waals surface area contributed by atoms with Gasteiger partial charge in [-0.05, 0) is 19.3 Å². The number of carbonyl (C=O) groups excluding carboxylic acids is 1. The summed E-state index contributed by atoms with van der Waals surface area (Å²) in [5, 5.41) is 12.8. The number of phosphoric acid groups is 1. The van der Waals surface area contributed by atoms with Gasteiger partial charge in [0.2, 0.25) is 5.91 Å². The number of hydrogen-bond donors (Lipinski definition) is 4. The van der Waals surface area contributed by atoms with Gasteiger partial charge in [-0.15, -0.1) is 0 Å². The van der Waals surface area contributed by atoms with Gasteiger partial charge in [0.25, 0.3) is 0 Å². The zero-order valence-electron chi connectivity index (χ0n) is 18.9. The Morgan fingerprint density at radius 3 is 1.97 bits per heavy atom. The molecule has 0 bridgehead atoms. The Balaban J connectivity index is 4.01. The lowest BCUT2D eigenvalue weighted by Crippen LogP contribution is -2.45. The number of allylic oxidation sites excluding steroid dienone is 1. The van der Waals surface area contributed by atoms with E-state index in [0.717, 1.165) is 19.3 Å². The summed E-state index contributed by atoms with van der Waals surface area (Å²) in [6.45, 7) is 3.63. The third-order valence-corrected chi connectivity index (χ3v) is 5.45. The van der Waals surface area contributed by atoms with Crippen LogP contribution in [0.1, 0.15) is 104 Å². The highest BCUT2D eigenvalue weighted by Crippen LogP contribution is 2.35. The topological polar surface area (TPSA) is 116 Å². The van der Waals surface area contributed by atoms with Crippen molar-refractivity contribution in [2.75, 3.05) is 6.61 Å². The predicted molar refractivity (Wildman–Crippen MR) is 121 cm³/mol. The fraction of sp³-hybridized carbons (Fsp3) is 0.864. The second-order valence-electron chi connectivity index (χ2n) is 7.95. The largest absolute Gasteiger partial charge is 0.469 e. The number of carbonyl (C=O) groups is 1. The number of phosphoric ester groups is 1.